The highest BCUT2D eigenvalue weighted by atomic mass is 32.1. The van der Waals surface area contributed by atoms with E-state index in [0.29, 0.717) is 17.6 Å². The Morgan fingerprint density at radius 2 is 1.78 bits per heavy atom. The van der Waals surface area contributed by atoms with E-state index < -0.39 is 11.4 Å². The second kappa shape index (κ2) is 9.25. The van der Waals surface area contributed by atoms with Gasteiger partial charge in [-0.15, -0.1) is 0 Å². The molecule has 0 fully saturated rings. The number of hydrogen-bond acceptors (Lipinski definition) is 4. The standard InChI is InChI=1S/C24H20FN3O3S/c25-19-8-4-5-9-21(19)28-23(31)18-11-10-17(14-20(18)26-24(28)32)22(30)27(12-13-29)15-16-6-2-1-3-7-16/h1-11,14,29H,12-13,15H2,(H,26,32). The molecule has 4 rings (SSSR count). The smallest absolute Gasteiger partial charge is 0.266 e. The molecule has 0 atom stereocenters. The first-order chi connectivity index (χ1) is 15.5. The van der Waals surface area contributed by atoms with Gasteiger partial charge in [-0.2, -0.15) is 0 Å². The first kappa shape index (κ1) is 21.6. The Balaban J connectivity index is 1.74. The van der Waals surface area contributed by atoms with Crippen molar-refractivity contribution in [1.29, 1.82) is 0 Å². The van der Waals surface area contributed by atoms with Crippen molar-refractivity contribution in [3.63, 3.8) is 0 Å². The predicted octanol–water partition coefficient (Wildman–Crippen LogP) is 3.82. The third-order valence-corrected chi connectivity index (χ3v) is 5.40. The molecule has 0 saturated heterocycles. The highest BCUT2D eigenvalue weighted by Crippen LogP contribution is 2.17. The van der Waals surface area contributed by atoms with Crippen molar-refractivity contribution >= 4 is 29.0 Å². The third-order valence-electron chi connectivity index (χ3n) is 5.11. The molecule has 0 aliphatic rings. The van der Waals surface area contributed by atoms with Crippen molar-refractivity contribution < 1.29 is 14.3 Å². The molecule has 0 aliphatic carbocycles. The van der Waals surface area contributed by atoms with Crippen LogP contribution in [0.25, 0.3) is 16.6 Å². The molecule has 0 bridgehead atoms. The van der Waals surface area contributed by atoms with Crippen LogP contribution in [0.3, 0.4) is 0 Å². The molecule has 0 unspecified atom stereocenters. The number of carbonyl (C=O) groups is 1. The fourth-order valence-corrected chi connectivity index (χ4v) is 3.85. The number of carbonyl (C=O) groups excluding carboxylic acids is 1. The summed E-state index contributed by atoms with van der Waals surface area (Å²) in [6.07, 6.45) is 0. The van der Waals surface area contributed by atoms with Gasteiger partial charge in [0.1, 0.15) is 5.82 Å². The lowest BCUT2D eigenvalue weighted by molar-refractivity contribution is 0.0708. The van der Waals surface area contributed by atoms with E-state index in [2.05, 4.69) is 4.98 Å². The maximum atomic E-state index is 14.3. The van der Waals surface area contributed by atoms with Crippen LogP contribution in [0.15, 0.2) is 77.6 Å². The number of aromatic amines is 1. The number of hydrogen-bond donors (Lipinski definition) is 2. The zero-order valence-electron chi connectivity index (χ0n) is 17.0. The van der Waals surface area contributed by atoms with E-state index in [1.807, 2.05) is 30.3 Å². The monoisotopic (exact) mass is 449 g/mol. The summed E-state index contributed by atoms with van der Waals surface area (Å²) in [6, 6.07) is 20.0. The number of H-pyrrole nitrogens is 1. The summed E-state index contributed by atoms with van der Waals surface area (Å²) in [5, 5.41) is 9.70. The fourth-order valence-electron chi connectivity index (χ4n) is 3.56. The molecule has 0 saturated carbocycles. The predicted molar refractivity (Wildman–Crippen MR) is 123 cm³/mol. The lowest BCUT2D eigenvalue weighted by atomic mass is 10.1. The lowest BCUT2D eigenvalue weighted by Crippen LogP contribution is -2.33. The first-order valence-electron chi connectivity index (χ1n) is 9.97. The van der Waals surface area contributed by atoms with Gasteiger partial charge in [0.2, 0.25) is 0 Å². The molecule has 32 heavy (non-hydrogen) atoms. The highest BCUT2D eigenvalue weighted by Gasteiger charge is 2.18. The Morgan fingerprint density at radius 1 is 1.06 bits per heavy atom. The summed E-state index contributed by atoms with van der Waals surface area (Å²) in [4.78, 5) is 30.6. The van der Waals surface area contributed by atoms with Crippen molar-refractivity contribution in [3.8, 4) is 5.69 Å². The van der Waals surface area contributed by atoms with Crippen molar-refractivity contribution in [1.82, 2.24) is 14.5 Å². The van der Waals surface area contributed by atoms with Crippen LogP contribution in [0.5, 0.6) is 0 Å². The van der Waals surface area contributed by atoms with Gasteiger partial charge in [-0.25, -0.2) is 8.96 Å². The largest absolute Gasteiger partial charge is 0.395 e. The minimum absolute atomic E-state index is 0.0219. The molecule has 4 aromatic rings. The molecule has 0 aliphatic heterocycles. The second-order valence-corrected chi connectivity index (χ2v) is 7.61. The Kier molecular flexibility index (Phi) is 6.25. The topological polar surface area (TPSA) is 78.3 Å². The number of benzene rings is 3. The summed E-state index contributed by atoms with van der Waals surface area (Å²) in [6.45, 7) is 0.321. The van der Waals surface area contributed by atoms with Gasteiger partial charge < -0.3 is 15.0 Å². The number of amides is 1. The number of fused-ring (bicyclic) bond motifs is 1. The number of rotatable bonds is 6. The number of aromatic nitrogens is 2. The van der Waals surface area contributed by atoms with E-state index in [9.17, 15) is 19.1 Å². The van der Waals surface area contributed by atoms with Gasteiger partial charge in [0.15, 0.2) is 4.77 Å². The summed E-state index contributed by atoms with van der Waals surface area (Å²) in [5.41, 5.74) is 1.22. The quantitative estimate of drug-likeness (QED) is 0.439. The molecule has 8 heteroatoms. The SMILES string of the molecule is O=C(c1ccc2c(=O)n(-c3ccccc3F)c(=S)[nH]c2c1)N(CCO)Cc1ccccc1. The molecule has 0 spiro atoms. The number of para-hydroxylation sites is 1. The van der Waals surface area contributed by atoms with Gasteiger partial charge in [0, 0.05) is 18.7 Å². The van der Waals surface area contributed by atoms with Crippen molar-refractivity contribution in [2.45, 2.75) is 6.54 Å². The number of aliphatic hydroxyl groups excluding tert-OH is 1. The summed E-state index contributed by atoms with van der Waals surface area (Å²) in [7, 11) is 0. The van der Waals surface area contributed by atoms with Crippen LogP contribution in [0.2, 0.25) is 0 Å². The van der Waals surface area contributed by atoms with E-state index >= 15 is 0 Å². The van der Waals surface area contributed by atoms with Crippen LogP contribution in [-0.2, 0) is 6.54 Å². The molecular formula is C24H20FN3O3S. The molecule has 0 radical (unpaired) electrons. The van der Waals surface area contributed by atoms with E-state index in [-0.39, 0.29) is 34.9 Å². The van der Waals surface area contributed by atoms with Crippen LogP contribution >= 0.6 is 12.2 Å². The maximum absolute atomic E-state index is 14.3. The number of halogens is 1. The van der Waals surface area contributed by atoms with Gasteiger partial charge in [-0.05, 0) is 48.1 Å². The van der Waals surface area contributed by atoms with E-state index in [1.165, 1.54) is 29.2 Å². The van der Waals surface area contributed by atoms with Gasteiger partial charge in [-0.3, -0.25) is 9.59 Å². The van der Waals surface area contributed by atoms with Crippen LogP contribution < -0.4 is 5.56 Å². The Hall–Kier alpha value is -3.62. The fraction of sp³-hybridized carbons (Fsp3) is 0.125. The molecule has 6 nitrogen and oxygen atoms in total. The highest BCUT2D eigenvalue weighted by molar-refractivity contribution is 7.71. The molecule has 2 N–H and O–H groups in total. The second-order valence-electron chi connectivity index (χ2n) is 7.22. The Morgan fingerprint density at radius 3 is 2.50 bits per heavy atom. The van der Waals surface area contributed by atoms with Crippen LogP contribution in [0.1, 0.15) is 15.9 Å². The van der Waals surface area contributed by atoms with Crippen LogP contribution in [0.4, 0.5) is 4.39 Å². The van der Waals surface area contributed by atoms with Crippen molar-refractivity contribution in [2.75, 3.05) is 13.2 Å². The maximum Gasteiger partial charge on any atom is 0.266 e. The van der Waals surface area contributed by atoms with Crippen LogP contribution in [-0.4, -0.2) is 38.6 Å². The lowest BCUT2D eigenvalue weighted by Gasteiger charge is -2.22. The van der Waals surface area contributed by atoms with E-state index in [4.69, 9.17) is 12.2 Å². The molecule has 1 aromatic heterocycles. The average Bonchev–Trinajstić information content (AvgIpc) is 2.80. The van der Waals surface area contributed by atoms with E-state index in [0.717, 1.165) is 10.1 Å². The third kappa shape index (κ3) is 4.23. The Bertz CT molecular complexity index is 1400. The number of nitrogens with zero attached hydrogens (tertiary/aromatic N) is 2. The zero-order valence-corrected chi connectivity index (χ0v) is 17.8. The zero-order chi connectivity index (χ0) is 22.7. The van der Waals surface area contributed by atoms with Crippen molar-refractivity contribution in [2.24, 2.45) is 0 Å². The van der Waals surface area contributed by atoms with Crippen LogP contribution in [0, 0.1) is 10.6 Å². The summed E-state index contributed by atoms with van der Waals surface area (Å²) in [5.74, 6) is -0.858. The normalized spacial score (nSPS) is 10.9. The number of nitrogens with one attached hydrogen (secondary N) is 1. The minimum Gasteiger partial charge on any atom is -0.395 e. The first-order valence-corrected chi connectivity index (χ1v) is 10.4. The van der Waals surface area contributed by atoms with Crippen molar-refractivity contribution in [3.05, 3.63) is 105 Å². The van der Waals surface area contributed by atoms with Gasteiger partial charge in [0.05, 0.1) is 23.2 Å². The van der Waals surface area contributed by atoms with E-state index in [1.54, 1.807) is 18.2 Å². The minimum atomic E-state index is -0.569. The summed E-state index contributed by atoms with van der Waals surface area (Å²) < 4.78 is 15.4. The average molecular weight is 450 g/mol. The summed E-state index contributed by atoms with van der Waals surface area (Å²) >= 11 is 5.31. The molecular weight excluding hydrogens is 429 g/mol. The molecule has 1 amide bonds. The molecule has 162 valence electrons. The molecule has 1 heterocycles. The Labute approximate surface area is 188 Å². The molecule has 3 aromatic carbocycles. The number of aliphatic hydroxyl groups is 1. The van der Waals surface area contributed by atoms with Gasteiger partial charge in [0.25, 0.3) is 11.5 Å². The van der Waals surface area contributed by atoms with Gasteiger partial charge >= 0.3 is 0 Å². The van der Waals surface area contributed by atoms with Gasteiger partial charge in [-0.1, -0.05) is 42.5 Å².